The van der Waals surface area contributed by atoms with Gasteiger partial charge in [-0.3, -0.25) is 9.59 Å². The van der Waals surface area contributed by atoms with E-state index in [2.05, 4.69) is 10.6 Å². The Morgan fingerprint density at radius 1 is 0.958 bits per heavy atom. The molecule has 0 aliphatic heterocycles. The molecular weight excluding hydrogens is 321 g/mol. The first-order valence-electron chi connectivity index (χ1n) is 7.08. The molecule has 2 aromatic rings. The topological polar surface area (TPSA) is 58.2 Å². The van der Waals surface area contributed by atoms with E-state index in [1.54, 1.807) is 24.3 Å². The van der Waals surface area contributed by atoms with E-state index in [0.717, 1.165) is 29.8 Å². The van der Waals surface area contributed by atoms with Gasteiger partial charge in [0.15, 0.2) is 0 Å². The maximum absolute atomic E-state index is 12.4. The van der Waals surface area contributed by atoms with Gasteiger partial charge in [-0.25, -0.2) is 0 Å². The minimum absolute atomic E-state index is 0.220. The van der Waals surface area contributed by atoms with Gasteiger partial charge >= 0.3 is 6.18 Å². The predicted molar refractivity (Wildman–Crippen MR) is 83.6 cm³/mol. The first kappa shape index (κ1) is 17.5. The van der Waals surface area contributed by atoms with Crippen molar-refractivity contribution in [3.8, 4) is 0 Å². The Labute approximate surface area is 136 Å². The number of halogens is 3. The Balaban J connectivity index is 1.87. The van der Waals surface area contributed by atoms with Gasteiger partial charge in [-0.1, -0.05) is 17.7 Å². The summed E-state index contributed by atoms with van der Waals surface area (Å²) in [4.78, 5) is 23.6. The molecular formula is C17H15F3N2O2. The molecule has 0 radical (unpaired) electrons. The van der Waals surface area contributed by atoms with Crippen LogP contribution in [0.1, 0.15) is 21.5 Å². The van der Waals surface area contributed by atoms with Crippen molar-refractivity contribution in [3.05, 3.63) is 65.2 Å². The summed E-state index contributed by atoms with van der Waals surface area (Å²) < 4.78 is 37.3. The number of alkyl halides is 3. The molecule has 0 heterocycles. The van der Waals surface area contributed by atoms with E-state index in [-0.39, 0.29) is 12.2 Å². The van der Waals surface area contributed by atoms with Crippen LogP contribution in [0.2, 0.25) is 0 Å². The van der Waals surface area contributed by atoms with Gasteiger partial charge in [0.05, 0.1) is 12.1 Å². The van der Waals surface area contributed by atoms with E-state index >= 15 is 0 Å². The molecule has 2 amide bonds. The van der Waals surface area contributed by atoms with Crippen molar-refractivity contribution in [3.63, 3.8) is 0 Å². The number of rotatable bonds is 4. The summed E-state index contributed by atoms with van der Waals surface area (Å²) in [6, 6.07) is 10.9. The maximum atomic E-state index is 12.4. The van der Waals surface area contributed by atoms with Crippen molar-refractivity contribution in [1.29, 1.82) is 0 Å². The summed E-state index contributed by atoms with van der Waals surface area (Å²) >= 11 is 0. The molecule has 126 valence electrons. The second-order valence-corrected chi connectivity index (χ2v) is 5.17. The molecule has 4 nitrogen and oxygen atoms in total. The molecule has 0 aromatic heterocycles. The zero-order valence-electron chi connectivity index (χ0n) is 12.8. The number of hydrogen-bond acceptors (Lipinski definition) is 2. The highest BCUT2D eigenvalue weighted by Crippen LogP contribution is 2.29. The Kier molecular flexibility index (Phi) is 5.23. The average Bonchev–Trinajstić information content (AvgIpc) is 2.53. The zero-order valence-corrected chi connectivity index (χ0v) is 12.8. The monoisotopic (exact) mass is 336 g/mol. The highest BCUT2D eigenvalue weighted by Gasteiger charge is 2.29. The quantitative estimate of drug-likeness (QED) is 0.899. The number of benzene rings is 2. The van der Waals surface area contributed by atoms with E-state index in [0.29, 0.717) is 5.56 Å². The Morgan fingerprint density at radius 2 is 1.54 bits per heavy atom. The van der Waals surface area contributed by atoms with Crippen LogP contribution in [0.15, 0.2) is 48.5 Å². The van der Waals surface area contributed by atoms with Crippen molar-refractivity contribution in [2.45, 2.75) is 13.1 Å². The fraction of sp³-hybridized carbons (Fsp3) is 0.176. The third-order valence-corrected chi connectivity index (χ3v) is 3.22. The third kappa shape index (κ3) is 4.84. The van der Waals surface area contributed by atoms with Gasteiger partial charge in [-0.05, 0) is 43.3 Å². The summed E-state index contributed by atoms with van der Waals surface area (Å²) in [5, 5.41) is 4.86. The molecule has 2 N–H and O–H groups in total. The first-order chi connectivity index (χ1) is 11.3. The third-order valence-electron chi connectivity index (χ3n) is 3.22. The molecule has 24 heavy (non-hydrogen) atoms. The molecule has 2 rings (SSSR count). The number of amides is 2. The largest absolute Gasteiger partial charge is 0.416 e. The summed E-state index contributed by atoms with van der Waals surface area (Å²) in [6.07, 6.45) is -4.43. The average molecular weight is 336 g/mol. The molecule has 0 fully saturated rings. The van der Waals surface area contributed by atoms with Crippen LogP contribution in [-0.4, -0.2) is 18.4 Å². The second-order valence-electron chi connectivity index (χ2n) is 5.17. The van der Waals surface area contributed by atoms with Crippen molar-refractivity contribution in [2.75, 3.05) is 11.9 Å². The first-order valence-corrected chi connectivity index (χ1v) is 7.08. The molecule has 0 aliphatic carbocycles. The molecule has 0 atom stereocenters. The normalized spacial score (nSPS) is 11.0. The lowest BCUT2D eigenvalue weighted by Crippen LogP contribution is -2.32. The van der Waals surface area contributed by atoms with Gasteiger partial charge in [0.25, 0.3) is 5.91 Å². The van der Waals surface area contributed by atoms with E-state index in [1.165, 1.54) is 0 Å². The molecule has 0 saturated heterocycles. The number of anilines is 1. The number of nitrogens with one attached hydrogen (secondary N) is 2. The van der Waals surface area contributed by atoms with Gasteiger partial charge in [0.2, 0.25) is 5.91 Å². The molecule has 0 saturated carbocycles. The van der Waals surface area contributed by atoms with Crippen molar-refractivity contribution in [2.24, 2.45) is 0 Å². The number of carbonyl (C=O) groups is 2. The fourth-order valence-corrected chi connectivity index (χ4v) is 1.92. The SMILES string of the molecule is Cc1ccc(C(=O)NCC(=O)Nc2ccc(C(F)(F)F)cc2)cc1. The van der Waals surface area contributed by atoms with Crippen LogP contribution in [-0.2, 0) is 11.0 Å². The molecule has 0 bridgehead atoms. The van der Waals surface area contributed by atoms with Crippen LogP contribution in [0, 0.1) is 6.92 Å². The van der Waals surface area contributed by atoms with E-state index in [9.17, 15) is 22.8 Å². The highest BCUT2D eigenvalue weighted by molar-refractivity contribution is 5.99. The number of carbonyl (C=O) groups excluding carboxylic acids is 2. The van der Waals surface area contributed by atoms with Crippen LogP contribution in [0.25, 0.3) is 0 Å². The zero-order chi connectivity index (χ0) is 17.7. The van der Waals surface area contributed by atoms with Crippen molar-refractivity contribution < 1.29 is 22.8 Å². The van der Waals surface area contributed by atoms with Gasteiger partial charge in [0, 0.05) is 11.3 Å². The Morgan fingerprint density at radius 3 is 2.08 bits per heavy atom. The van der Waals surface area contributed by atoms with Gasteiger partial charge in [-0.2, -0.15) is 13.2 Å². The highest BCUT2D eigenvalue weighted by atomic mass is 19.4. The van der Waals surface area contributed by atoms with Crippen LogP contribution >= 0.6 is 0 Å². The summed E-state index contributed by atoms with van der Waals surface area (Å²) in [5.74, 6) is -0.937. The standard InChI is InChI=1S/C17H15F3N2O2/c1-11-2-4-12(5-3-11)16(24)21-10-15(23)22-14-8-6-13(7-9-14)17(18,19)20/h2-9H,10H2,1H3,(H,21,24)(H,22,23). The van der Waals surface area contributed by atoms with Gasteiger partial charge in [-0.15, -0.1) is 0 Å². The van der Waals surface area contributed by atoms with E-state index < -0.39 is 23.6 Å². The predicted octanol–water partition coefficient (Wildman–Crippen LogP) is 3.38. The van der Waals surface area contributed by atoms with E-state index in [1.807, 2.05) is 6.92 Å². The lowest BCUT2D eigenvalue weighted by atomic mass is 10.1. The molecule has 7 heteroatoms. The minimum Gasteiger partial charge on any atom is -0.343 e. The Hall–Kier alpha value is -2.83. The molecule has 0 unspecified atom stereocenters. The maximum Gasteiger partial charge on any atom is 0.416 e. The van der Waals surface area contributed by atoms with Gasteiger partial charge in [0.1, 0.15) is 0 Å². The van der Waals surface area contributed by atoms with Crippen molar-refractivity contribution >= 4 is 17.5 Å². The van der Waals surface area contributed by atoms with Crippen LogP contribution in [0.5, 0.6) is 0 Å². The Bertz CT molecular complexity index is 723. The summed E-state index contributed by atoms with van der Waals surface area (Å²) in [7, 11) is 0. The molecule has 2 aromatic carbocycles. The lowest BCUT2D eigenvalue weighted by Gasteiger charge is -2.09. The molecule has 0 spiro atoms. The van der Waals surface area contributed by atoms with E-state index in [4.69, 9.17) is 0 Å². The lowest BCUT2D eigenvalue weighted by molar-refractivity contribution is -0.137. The summed E-state index contributed by atoms with van der Waals surface area (Å²) in [6.45, 7) is 1.60. The van der Waals surface area contributed by atoms with Crippen LogP contribution in [0.3, 0.4) is 0 Å². The van der Waals surface area contributed by atoms with Gasteiger partial charge < -0.3 is 10.6 Å². The fourth-order valence-electron chi connectivity index (χ4n) is 1.92. The summed E-state index contributed by atoms with van der Waals surface area (Å²) in [5.41, 5.74) is 0.847. The number of aryl methyl sites for hydroxylation is 1. The number of hydrogen-bond donors (Lipinski definition) is 2. The van der Waals surface area contributed by atoms with Crippen molar-refractivity contribution in [1.82, 2.24) is 5.32 Å². The second kappa shape index (κ2) is 7.16. The minimum atomic E-state index is -4.43. The van der Waals surface area contributed by atoms with Crippen LogP contribution < -0.4 is 10.6 Å². The smallest absolute Gasteiger partial charge is 0.343 e. The van der Waals surface area contributed by atoms with Crippen LogP contribution in [0.4, 0.5) is 18.9 Å². The molecule has 0 aliphatic rings.